The zero-order chi connectivity index (χ0) is 18.5. The van der Waals surface area contributed by atoms with Crippen molar-refractivity contribution >= 4 is 23.8 Å². The molecule has 0 saturated carbocycles. The summed E-state index contributed by atoms with van der Waals surface area (Å²) < 4.78 is 0. The fourth-order valence-corrected chi connectivity index (χ4v) is 3.92. The number of nitrogens with zero attached hydrogens (tertiary/aromatic N) is 1. The van der Waals surface area contributed by atoms with E-state index >= 15 is 0 Å². The van der Waals surface area contributed by atoms with Gasteiger partial charge in [-0.2, -0.15) is 0 Å². The number of benzene rings is 3. The molecule has 1 aliphatic rings. The van der Waals surface area contributed by atoms with Crippen LogP contribution in [0.15, 0.2) is 72.8 Å². The molecule has 1 nitrogen and oxygen atoms in total. The fraction of sp³-hybridized carbons (Fsp3) is 0.200. The summed E-state index contributed by atoms with van der Waals surface area (Å²) in [6, 6.07) is 25.6. The van der Waals surface area contributed by atoms with E-state index in [0.717, 1.165) is 36.6 Å². The molecular formula is C25H24ClN. The average Bonchev–Trinajstić information content (AvgIpc) is 3.10. The van der Waals surface area contributed by atoms with E-state index in [4.69, 9.17) is 11.6 Å². The number of halogens is 1. The van der Waals surface area contributed by atoms with Gasteiger partial charge >= 0.3 is 0 Å². The highest BCUT2D eigenvalue weighted by atomic mass is 35.5. The van der Waals surface area contributed by atoms with E-state index in [2.05, 4.69) is 71.6 Å². The molecule has 3 aromatic rings. The van der Waals surface area contributed by atoms with E-state index in [0.29, 0.717) is 0 Å². The molecule has 0 N–H and O–H groups in total. The second-order valence-corrected chi connectivity index (χ2v) is 7.65. The van der Waals surface area contributed by atoms with Gasteiger partial charge in [-0.25, -0.2) is 0 Å². The first-order chi connectivity index (χ1) is 13.3. The van der Waals surface area contributed by atoms with Crippen molar-refractivity contribution in [3.05, 3.63) is 106 Å². The van der Waals surface area contributed by atoms with Crippen molar-refractivity contribution in [2.75, 3.05) is 6.54 Å². The summed E-state index contributed by atoms with van der Waals surface area (Å²) in [5.74, 6) is 0. The van der Waals surface area contributed by atoms with Crippen LogP contribution >= 0.6 is 11.6 Å². The van der Waals surface area contributed by atoms with Crippen LogP contribution in [0.25, 0.3) is 12.2 Å². The Bertz CT molecular complexity index is 919. The first-order valence-corrected chi connectivity index (χ1v) is 9.96. The molecule has 4 rings (SSSR count). The normalized spacial score (nSPS) is 14.0. The molecule has 0 radical (unpaired) electrons. The maximum Gasteiger partial charge on any atom is 0.0411 e. The molecule has 0 bridgehead atoms. The topological polar surface area (TPSA) is 3.24 Å². The lowest BCUT2D eigenvalue weighted by Crippen LogP contribution is -2.18. The summed E-state index contributed by atoms with van der Waals surface area (Å²) in [6.45, 7) is 3.34. The van der Waals surface area contributed by atoms with Crippen molar-refractivity contribution in [2.45, 2.75) is 25.9 Å². The first-order valence-electron chi connectivity index (χ1n) is 9.58. The highest BCUT2D eigenvalue weighted by molar-refractivity contribution is 6.30. The van der Waals surface area contributed by atoms with Crippen molar-refractivity contribution in [3.8, 4) is 0 Å². The second-order valence-electron chi connectivity index (χ2n) is 7.22. The molecule has 2 heteroatoms. The molecule has 3 aromatic carbocycles. The van der Waals surface area contributed by atoms with Crippen LogP contribution in [0, 0.1) is 0 Å². The van der Waals surface area contributed by atoms with Crippen LogP contribution in [0.3, 0.4) is 0 Å². The van der Waals surface area contributed by atoms with Gasteiger partial charge in [0.1, 0.15) is 0 Å². The Hall–Kier alpha value is -2.35. The lowest BCUT2D eigenvalue weighted by atomic mass is 10.1. The Morgan fingerprint density at radius 3 is 2.15 bits per heavy atom. The Labute approximate surface area is 166 Å². The quantitative estimate of drug-likeness (QED) is 0.448. The molecule has 136 valence electrons. The minimum absolute atomic E-state index is 0.773. The molecular weight excluding hydrogens is 350 g/mol. The van der Waals surface area contributed by atoms with Gasteiger partial charge < -0.3 is 0 Å². The fourth-order valence-electron chi connectivity index (χ4n) is 3.72. The molecule has 0 fully saturated rings. The highest BCUT2D eigenvalue weighted by Crippen LogP contribution is 2.22. The Kier molecular flexibility index (Phi) is 5.72. The van der Waals surface area contributed by atoms with Crippen molar-refractivity contribution in [1.82, 2.24) is 4.90 Å². The predicted octanol–water partition coefficient (Wildman–Crippen LogP) is 6.46. The van der Waals surface area contributed by atoms with E-state index in [1.54, 1.807) is 0 Å². The molecule has 0 spiro atoms. The van der Waals surface area contributed by atoms with Gasteiger partial charge in [0.15, 0.2) is 0 Å². The molecule has 0 atom stereocenters. The third-order valence-corrected chi connectivity index (χ3v) is 5.35. The van der Waals surface area contributed by atoms with Crippen molar-refractivity contribution in [1.29, 1.82) is 0 Å². The third kappa shape index (κ3) is 4.88. The van der Waals surface area contributed by atoms with Crippen molar-refractivity contribution in [2.24, 2.45) is 0 Å². The molecule has 27 heavy (non-hydrogen) atoms. The van der Waals surface area contributed by atoms with Gasteiger partial charge in [0, 0.05) is 18.1 Å². The van der Waals surface area contributed by atoms with E-state index in [9.17, 15) is 0 Å². The Morgan fingerprint density at radius 1 is 0.778 bits per heavy atom. The van der Waals surface area contributed by atoms with Crippen LogP contribution < -0.4 is 0 Å². The zero-order valence-corrected chi connectivity index (χ0v) is 16.2. The minimum atomic E-state index is 0.773. The molecule has 0 aromatic heterocycles. The smallest absolute Gasteiger partial charge is 0.0411 e. The van der Waals surface area contributed by atoms with Crippen LogP contribution in [0.4, 0.5) is 0 Å². The van der Waals surface area contributed by atoms with Gasteiger partial charge in [0.05, 0.1) is 0 Å². The molecule has 0 aliphatic carbocycles. The number of rotatable bonds is 6. The third-order valence-electron chi connectivity index (χ3n) is 5.11. The van der Waals surface area contributed by atoms with Crippen LogP contribution in [-0.2, 0) is 19.5 Å². The van der Waals surface area contributed by atoms with Crippen LogP contribution in [0.5, 0.6) is 0 Å². The monoisotopic (exact) mass is 373 g/mol. The van der Waals surface area contributed by atoms with Gasteiger partial charge in [-0.05, 0) is 59.3 Å². The van der Waals surface area contributed by atoms with Gasteiger partial charge in [-0.1, -0.05) is 84.4 Å². The summed E-state index contributed by atoms with van der Waals surface area (Å²) in [7, 11) is 0. The predicted molar refractivity (Wildman–Crippen MR) is 116 cm³/mol. The SMILES string of the molecule is Clc1cccc(/C=C/c2cccc(CCCN3Cc4ccccc4C3)c2)c1. The number of hydrogen-bond acceptors (Lipinski definition) is 1. The molecule has 1 aliphatic heterocycles. The molecule has 0 saturated heterocycles. The zero-order valence-electron chi connectivity index (χ0n) is 15.4. The average molecular weight is 374 g/mol. The second kappa shape index (κ2) is 8.56. The number of hydrogen-bond donors (Lipinski definition) is 0. The van der Waals surface area contributed by atoms with E-state index in [1.807, 2.05) is 18.2 Å². The van der Waals surface area contributed by atoms with Crippen LogP contribution in [0.2, 0.25) is 5.02 Å². The van der Waals surface area contributed by atoms with Crippen LogP contribution in [0.1, 0.15) is 34.2 Å². The summed E-state index contributed by atoms with van der Waals surface area (Å²) in [6.07, 6.45) is 6.58. The lowest BCUT2D eigenvalue weighted by Gasteiger charge is -2.14. The number of aryl methyl sites for hydroxylation is 1. The van der Waals surface area contributed by atoms with Gasteiger partial charge in [-0.15, -0.1) is 0 Å². The molecule has 0 unspecified atom stereocenters. The molecule has 1 heterocycles. The van der Waals surface area contributed by atoms with Gasteiger partial charge in [-0.3, -0.25) is 4.90 Å². The summed E-state index contributed by atoms with van der Waals surface area (Å²) in [5.41, 5.74) is 6.75. The summed E-state index contributed by atoms with van der Waals surface area (Å²) in [5, 5.41) is 0.773. The number of fused-ring (bicyclic) bond motifs is 1. The van der Waals surface area contributed by atoms with E-state index < -0.39 is 0 Å². The summed E-state index contributed by atoms with van der Waals surface area (Å²) in [4.78, 5) is 2.55. The Morgan fingerprint density at radius 2 is 1.44 bits per heavy atom. The maximum absolute atomic E-state index is 6.05. The Balaban J connectivity index is 1.31. The van der Waals surface area contributed by atoms with E-state index in [-0.39, 0.29) is 0 Å². The summed E-state index contributed by atoms with van der Waals surface area (Å²) >= 11 is 6.05. The maximum atomic E-state index is 6.05. The standard InChI is InChI=1S/C25H24ClN/c26-25-12-4-8-22(17-25)14-13-21-7-3-6-20(16-21)9-5-15-27-18-23-10-1-2-11-24(23)19-27/h1-4,6-8,10-14,16-17H,5,9,15,18-19H2/b14-13+. The minimum Gasteiger partial charge on any atom is -0.295 e. The molecule has 0 amide bonds. The first kappa shape index (κ1) is 18.0. The lowest BCUT2D eigenvalue weighted by molar-refractivity contribution is 0.280. The van der Waals surface area contributed by atoms with Gasteiger partial charge in [0.25, 0.3) is 0 Å². The van der Waals surface area contributed by atoms with Crippen molar-refractivity contribution < 1.29 is 0 Å². The largest absolute Gasteiger partial charge is 0.295 e. The van der Waals surface area contributed by atoms with Gasteiger partial charge in [0.2, 0.25) is 0 Å². The highest BCUT2D eigenvalue weighted by Gasteiger charge is 2.17. The van der Waals surface area contributed by atoms with E-state index in [1.165, 1.54) is 28.7 Å². The van der Waals surface area contributed by atoms with Crippen LogP contribution in [-0.4, -0.2) is 11.4 Å². The van der Waals surface area contributed by atoms with Crippen molar-refractivity contribution in [3.63, 3.8) is 0 Å².